The van der Waals surface area contributed by atoms with Gasteiger partial charge in [0.1, 0.15) is 6.10 Å². The SMILES string of the molecule is CSCc1cccc(CNC(=O)[C@@H]2CCCO2)c1. The molecule has 2 rings (SSSR count). The molecule has 0 saturated carbocycles. The second-order valence-electron chi connectivity index (χ2n) is 4.47. The van der Waals surface area contributed by atoms with E-state index in [-0.39, 0.29) is 12.0 Å². The van der Waals surface area contributed by atoms with E-state index >= 15 is 0 Å². The van der Waals surface area contributed by atoms with Crippen molar-refractivity contribution in [2.75, 3.05) is 12.9 Å². The predicted molar refractivity (Wildman–Crippen MR) is 74.5 cm³/mol. The molecule has 1 aliphatic rings. The highest BCUT2D eigenvalue weighted by Crippen LogP contribution is 2.13. The molecule has 1 atom stereocenters. The minimum Gasteiger partial charge on any atom is -0.368 e. The Morgan fingerprint density at radius 2 is 2.33 bits per heavy atom. The van der Waals surface area contributed by atoms with Crippen molar-refractivity contribution in [3.05, 3.63) is 35.4 Å². The summed E-state index contributed by atoms with van der Waals surface area (Å²) in [6.45, 7) is 1.29. The molecule has 1 amide bonds. The third-order valence-electron chi connectivity index (χ3n) is 2.99. The van der Waals surface area contributed by atoms with Gasteiger partial charge in [0.15, 0.2) is 0 Å². The number of benzene rings is 1. The minimum atomic E-state index is -0.237. The van der Waals surface area contributed by atoms with Gasteiger partial charge in [-0.05, 0) is 30.2 Å². The molecule has 0 aromatic heterocycles. The Morgan fingerprint density at radius 1 is 1.50 bits per heavy atom. The summed E-state index contributed by atoms with van der Waals surface area (Å²) in [5.74, 6) is 1.02. The zero-order valence-corrected chi connectivity index (χ0v) is 11.5. The Labute approximate surface area is 112 Å². The van der Waals surface area contributed by atoms with Gasteiger partial charge >= 0.3 is 0 Å². The lowest BCUT2D eigenvalue weighted by Gasteiger charge is -2.11. The molecule has 0 bridgehead atoms. The van der Waals surface area contributed by atoms with Gasteiger partial charge in [0.05, 0.1) is 0 Å². The molecule has 18 heavy (non-hydrogen) atoms. The fourth-order valence-corrected chi connectivity index (χ4v) is 2.60. The van der Waals surface area contributed by atoms with E-state index in [0.29, 0.717) is 13.2 Å². The first-order chi connectivity index (χ1) is 8.79. The van der Waals surface area contributed by atoms with E-state index in [2.05, 4.69) is 23.7 Å². The van der Waals surface area contributed by atoms with Crippen molar-refractivity contribution in [3.63, 3.8) is 0 Å². The topological polar surface area (TPSA) is 38.3 Å². The first kappa shape index (κ1) is 13.4. The van der Waals surface area contributed by atoms with E-state index in [1.807, 2.05) is 12.1 Å². The minimum absolute atomic E-state index is 0.0165. The molecule has 1 fully saturated rings. The summed E-state index contributed by atoms with van der Waals surface area (Å²) in [5.41, 5.74) is 2.44. The molecule has 0 radical (unpaired) electrons. The van der Waals surface area contributed by atoms with Crippen LogP contribution >= 0.6 is 11.8 Å². The monoisotopic (exact) mass is 265 g/mol. The number of hydrogen-bond acceptors (Lipinski definition) is 3. The molecule has 0 aliphatic carbocycles. The summed E-state index contributed by atoms with van der Waals surface area (Å²) in [6, 6.07) is 8.34. The van der Waals surface area contributed by atoms with Crippen LogP contribution in [0.25, 0.3) is 0 Å². The van der Waals surface area contributed by atoms with E-state index in [0.717, 1.165) is 24.2 Å². The van der Waals surface area contributed by atoms with Crippen molar-refractivity contribution >= 4 is 17.7 Å². The molecule has 0 unspecified atom stereocenters. The molecule has 4 heteroatoms. The summed E-state index contributed by atoms with van der Waals surface area (Å²) in [5, 5.41) is 2.94. The van der Waals surface area contributed by atoms with Crippen molar-refractivity contribution in [1.82, 2.24) is 5.32 Å². The Balaban J connectivity index is 1.85. The van der Waals surface area contributed by atoms with Crippen molar-refractivity contribution in [2.24, 2.45) is 0 Å². The first-order valence-corrected chi connectivity index (χ1v) is 7.65. The number of hydrogen-bond donors (Lipinski definition) is 1. The highest BCUT2D eigenvalue weighted by molar-refractivity contribution is 7.97. The van der Waals surface area contributed by atoms with Crippen LogP contribution in [0.5, 0.6) is 0 Å². The lowest BCUT2D eigenvalue weighted by Crippen LogP contribution is -2.33. The second-order valence-corrected chi connectivity index (χ2v) is 5.34. The largest absolute Gasteiger partial charge is 0.368 e. The van der Waals surface area contributed by atoms with Gasteiger partial charge in [0.2, 0.25) is 5.91 Å². The fraction of sp³-hybridized carbons (Fsp3) is 0.500. The fourth-order valence-electron chi connectivity index (χ4n) is 2.08. The maximum absolute atomic E-state index is 11.8. The molecular formula is C14H19NO2S. The maximum Gasteiger partial charge on any atom is 0.249 e. The van der Waals surface area contributed by atoms with Crippen molar-refractivity contribution in [1.29, 1.82) is 0 Å². The van der Waals surface area contributed by atoms with Crippen LogP contribution in [0, 0.1) is 0 Å². The standard InChI is InChI=1S/C14H19NO2S/c1-18-10-12-5-2-4-11(8-12)9-15-14(16)13-6-3-7-17-13/h2,4-5,8,13H,3,6-7,9-10H2,1H3,(H,15,16)/t13-/m0/s1. The summed E-state index contributed by atoms with van der Waals surface area (Å²) < 4.78 is 5.35. The van der Waals surface area contributed by atoms with E-state index < -0.39 is 0 Å². The summed E-state index contributed by atoms with van der Waals surface area (Å²) >= 11 is 1.80. The zero-order valence-electron chi connectivity index (χ0n) is 10.6. The molecule has 1 heterocycles. The lowest BCUT2D eigenvalue weighted by molar-refractivity contribution is -0.130. The molecule has 1 aromatic carbocycles. The number of thioether (sulfide) groups is 1. The second kappa shape index (κ2) is 6.81. The van der Waals surface area contributed by atoms with Gasteiger partial charge in [-0.1, -0.05) is 24.3 Å². The van der Waals surface area contributed by atoms with Crippen molar-refractivity contribution in [3.8, 4) is 0 Å². The van der Waals surface area contributed by atoms with Crippen LogP contribution in [0.1, 0.15) is 24.0 Å². The Kier molecular flexibility index (Phi) is 5.08. The summed E-state index contributed by atoms with van der Waals surface area (Å²) in [4.78, 5) is 11.8. The van der Waals surface area contributed by atoms with Gasteiger partial charge in [-0.25, -0.2) is 0 Å². The van der Waals surface area contributed by atoms with E-state index in [1.165, 1.54) is 5.56 Å². The number of amides is 1. The number of carbonyl (C=O) groups is 1. The number of rotatable bonds is 5. The van der Waals surface area contributed by atoms with Gasteiger partial charge in [-0.3, -0.25) is 4.79 Å². The molecule has 1 N–H and O–H groups in total. The maximum atomic E-state index is 11.8. The van der Waals surface area contributed by atoms with Crippen LogP contribution in [-0.4, -0.2) is 24.9 Å². The summed E-state index contributed by atoms with van der Waals surface area (Å²) in [6.07, 6.45) is 3.69. The van der Waals surface area contributed by atoms with Crippen LogP contribution in [0.2, 0.25) is 0 Å². The lowest BCUT2D eigenvalue weighted by atomic mass is 10.1. The third kappa shape index (κ3) is 3.75. The van der Waals surface area contributed by atoms with Crippen LogP contribution in [0.15, 0.2) is 24.3 Å². The Hall–Kier alpha value is -1.00. The Bertz CT molecular complexity index is 403. The predicted octanol–water partition coefficient (Wildman–Crippen LogP) is 2.34. The third-order valence-corrected chi connectivity index (χ3v) is 3.61. The van der Waals surface area contributed by atoms with Crippen LogP contribution < -0.4 is 5.32 Å². The van der Waals surface area contributed by atoms with E-state index in [4.69, 9.17) is 4.74 Å². The molecule has 1 aromatic rings. The van der Waals surface area contributed by atoms with Crippen LogP contribution in [0.3, 0.4) is 0 Å². The smallest absolute Gasteiger partial charge is 0.249 e. The molecule has 98 valence electrons. The van der Waals surface area contributed by atoms with Crippen molar-refractivity contribution in [2.45, 2.75) is 31.2 Å². The van der Waals surface area contributed by atoms with Crippen LogP contribution in [-0.2, 0) is 21.8 Å². The highest BCUT2D eigenvalue weighted by Gasteiger charge is 2.22. The summed E-state index contributed by atoms with van der Waals surface area (Å²) in [7, 11) is 0. The molecule has 3 nitrogen and oxygen atoms in total. The van der Waals surface area contributed by atoms with Gasteiger partial charge in [0.25, 0.3) is 0 Å². The molecule has 1 aliphatic heterocycles. The molecule has 1 saturated heterocycles. The van der Waals surface area contributed by atoms with Gasteiger partial charge < -0.3 is 10.1 Å². The Morgan fingerprint density at radius 3 is 3.06 bits per heavy atom. The normalized spacial score (nSPS) is 18.8. The van der Waals surface area contributed by atoms with Gasteiger partial charge in [-0.15, -0.1) is 0 Å². The van der Waals surface area contributed by atoms with E-state index in [9.17, 15) is 4.79 Å². The number of ether oxygens (including phenoxy) is 1. The number of nitrogens with one attached hydrogen (secondary N) is 1. The molecular weight excluding hydrogens is 246 g/mol. The van der Waals surface area contributed by atoms with Gasteiger partial charge in [-0.2, -0.15) is 11.8 Å². The highest BCUT2D eigenvalue weighted by atomic mass is 32.2. The molecule has 0 spiro atoms. The quantitative estimate of drug-likeness (QED) is 0.888. The zero-order chi connectivity index (χ0) is 12.8. The average molecular weight is 265 g/mol. The van der Waals surface area contributed by atoms with Gasteiger partial charge in [0, 0.05) is 18.9 Å². The van der Waals surface area contributed by atoms with E-state index in [1.54, 1.807) is 11.8 Å². The average Bonchev–Trinajstić information content (AvgIpc) is 2.91. The first-order valence-electron chi connectivity index (χ1n) is 6.25. The van der Waals surface area contributed by atoms with Crippen LogP contribution in [0.4, 0.5) is 0 Å². The number of carbonyl (C=O) groups excluding carboxylic acids is 1. The van der Waals surface area contributed by atoms with Crippen molar-refractivity contribution < 1.29 is 9.53 Å².